The Kier molecular flexibility index (Phi) is 1.89. The van der Waals surface area contributed by atoms with Crippen LogP contribution in [0.25, 0.3) is 0 Å². The minimum Gasteiger partial charge on any atom is -0.403 e. The summed E-state index contributed by atoms with van der Waals surface area (Å²) in [4.78, 5) is 0. The predicted molar refractivity (Wildman–Crippen MR) is 41.4 cm³/mol. The van der Waals surface area contributed by atoms with Crippen LogP contribution in [-0.2, 0) is 0 Å². The molecule has 1 aliphatic rings. The molecular weight excluding hydrogens is 126 g/mol. The summed E-state index contributed by atoms with van der Waals surface area (Å²) in [5.41, 5.74) is 6.81. The van der Waals surface area contributed by atoms with Crippen molar-refractivity contribution in [3.63, 3.8) is 0 Å². The van der Waals surface area contributed by atoms with Gasteiger partial charge in [-0.2, -0.15) is 0 Å². The van der Waals surface area contributed by atoms with E-state index in [0.717, 1.165) is 11.4 Å². The molecule has 1 heterocycles. The van der Waals surface area contributed by atoms with E-state index in [9.17, 15) is 0 Å². The standard InChI is InChI=1S/C7H9N3/c8-4-6-2-1-3-7(5-9)10-6/h1-5,8,10H,9H2/b7-5-,8-4?. The number of nitrogens with two attached hydrogens (primary N) is 1. The zero-order valence-electron chi connectivity index (χ0n) is 5.46. The van der Waals surface area contributed by atoms with Crippen molar-refractivity contribution in [3.8, 4) is 0 Å². The van der Waals surface area contributed by atoms with Crippen LogP contribution in [0.3, 0.4) is 0 Å². The summed E-state index contributed by atoms with van der Waals surface area (Å²) in [5.74, 6) is 0. The molecule has 10 heavy (non-hydrogen) atoms. The van der Waals surface area contributed by atoms with E-state index >= 15 is 0 Å². The van der Waals surface area contributed by atoms with E-state index in [0.29, 0.717) is 0 Å². The normalized spacial score (nSPS) is 20.0. The van der Waals surface area contributed by atoms with Crippen LogP contribution in [0.2, 0.25) is 0 Å². The second-order valence-corrected chi connectivity index (χ2v) is 1.87. The smallest absolute Gasteiger partial charge is 0.0563 e. The second-order valence-electron chi connectivity index (χ2n) is 1.87. The molecule has 4 N–H and O–H groups in total. The highest BCUT2D eigenvalue weighted by atomic mass is 14.9. The average Bonchev–Trinajstić information content (AvgIpc) is 2.05. The van der Waals surface area contributed by atoms with Crippen molar-refractivity contribution in [3.05, 3.63) is 35.8 Å². The average molecular weight is 135 g/mol. The van der Waals surface area contributed by atoms with Gasteiger partial charge in [0.1, 0.15) is 0 Å². The highest BCUT2D eigenvalue weighted by molar-refractivity contribution is 5.76. The quantitative estimate of drug-likeness (QED) is 0.458. The van der Waals surface area contributed by atoms with Gasteiger partial charge in [-0.3, -0.25) is 0 Å². The van der Waals surface area contributed by atoms with Gasteiger partial charge in [0.05, 0.1) is 11.4 Å². The van der Waals surface area contributed by atoms with E-state index in [1.807, 2.05) is 12.2 Å². The Hall–Kier alpha value is -1.51. The van der Waals surface area contributed by atoms with Crippen molar-refractivity contribution in [1.29, 1.82) is 5.41 Å². The molecule has 1 aliphatic heterocycles. The molecule has 0 unspecified atom stereocenters. The molecule has 3 heteroatoms. The van der Waals surface area contributed by atoms with E-state index in [4.69, 9.17) is 11.1 Å². The lowest BCUT2D eigenvalue weighted by molar-refractivity contribution is 1.04. The zero-order chi connectivity index (χ0) is 7.40. The fourth-order valence-electron chi connectivity index (χ4n) is 0.687. The van der Waals surface area contributed by atoms with Crippen molar-refractivity contribution >= 4 is 6.21 Å². The van der Waals surface area contributed by atoms with Gasteiger partial charge < -0.3 is 16.5 Å². The van der Waals surface area contributed by atoms with Crippen molar-refractivity contribution < 1.29 is 0 Å². The van der Waals surface area contributed by atoms with Crippen LogP contribution < -0.4 is 11.1 Å². The van der Waals surface area contributed by atoms with Crippen LogP contribution in [0, 0.1) is 5.41 Å². The predicted octanol–water partition coefficient (Wildman–Crippen LogP) is 0.479. The molecule has 52 valence electrons. The Bertz CT molecular complexity index is 223. The second kappa shape index (κ2) is 2.87. The highest BCUT2D eigenvalue weighted by Gasteiger charge is 1.96. The maximum Gasteiger partial charge on any atom is 0.0563 e. The molecule has 0 spiro atoms. The molecule has 0 amide bonds. The lowest BCUT2D eigenvalue weighted by atomic mass is 10.2. The third kappa shape index (κ3) is 1.25. The molecular formula is C7H9N3. The Labute approximate surface area is 59.4 Å². The lowest BCUT2D eigenvalue weighted by Crippen LogP contribution is -2.15. The summed E-state index contributed by atoms with van der Waals surface area (Å²) >= 11 is 0. The Balaban J connectivity index is 2.77. The molecule has 0 aromatic rings. The molecule has 0 atom stereocenters. The summed E-state index contributed by atoms with van der Waals surface area (Å²) in [6, 6.07) is 0. The topological polar surface area (TPSA) is 61.9 Å². The van der Waals surface area contributed by atoms with E-state index in [1.54, 1.807) is 6.08 Å². The van der Waals surface area contributed by atoms with Crippen LogP contribution in [0.4, 0.5) is 0 Å². The van der Waals surface area contributed by atoms with Gasteiger partial charge in [-0.1, -0.05) is 6.08 Å². The van der Waals surface area contributed by atoms with Crippen LogP contribution in [0.15, 0.2) is 35.8 Å². The zero-order valence-corrected chi connectivity index (χ0v) is 5.46. The van der Waals surface area contributed by atoms with Crippen molar-refractivity contribution in [2.24, 2.45) is 5.73 Å². The minimum atomic E-state index is 0.749. The molecule has 0 saturated carbocycles. The number of hydrogen-bond donors (Lipinski definition) is 3. The Morgan fingerprint density at radius 1 is 1.60 bits per heavy atom. The van der Waals surface area contributed by atoms with Gasteiger partial charge in [0.2, 0.25) is 0 Å². The van der Waals surface area contributed by atoms with Gasteiger partial charge in [0, 0.05) is 12.4 Å². The molecule has 0 aromatic heterocycles. The Morgan fingerprint density at radius 3 is 3.00 bits per heavy atom. The van der Waals surface area contributed by atoms with Crippen molar-refractivity contribution in [1.82, 2.24) is 5.32 Å². The first-order chi connectivity index (χ1) is 4.86. The van der Waals surface area contributed by atoms with Crippen LogP contribution in [0.1, 0.15) is 0 Å². The van der Waals surface area contributed by atoms with E-state index in [1.165, 1.54) is 12.4 Å². The van der Waals surface area contributed by atoms with Crippen molar-refractivity contribution in [2.45, 2.75) is 0 Å². The third-order valence-electron chi connectivity index (χ3n) is 1.18. The number of nitrogens with one attached hydrogen (secondary N) is 2. The molecule has 3 nitrogen and oxygen atoms in total. The van der Waals surface area contributed by atoms with Crippen LogP contribution in [-0.4, -0.2) is 6.21 Å². The number of hydrogen-bond acceptors (Lipinski definition) is 3. The molecule has 0 aromatic carbocycles. The number of dihydropyridines is 1. The van der Waals surface area contributed by atoms with Gasteiger partial charge in [0.15, 0.2) is 0 Å². The summed E-state index contributed by atoms with van der Waals surface area (Å²) in [6.07, 6.45) is 8.20. The van der Waals surface area contributed by atoms with Crippen LogP contribution >= 0.6 is 0 Å². The molecule has 0 radical (unpaired) electrons. The fraction of sp³-hybridized carbons (Fsp3) is 0. The molecule has 0 fully saturated rings. The van der Waals surface area contributed by atoms with E-state index < -0.39 is 0 Å². The van der Waals surface area contributed by atoms with E-state index in [-0.39, 0.29) is 0 Å². The molecule has 0 aliphatic carbocycles. The maximum absolute atomic E-state index is 6.90. The van der Waals surface area contributed by atoms with E-state index in [2.05, 4.69) is 5.32 Å². The first kappa shape index (κ1) is 6.61. The largest absolute Gasteiger partial charge is 0.403 e. The number of rotatable bonds is 1. The monoisotopic (exact) mass is 135 g/mol. The van der Waals surface area contributed by atoms with Gasteiger partial charge in [-0.25, -0.2) is 0 Å². The van der Waals surface area contributed by atoms with Gasteiger partial charge in [-0.15, -0.1) is 0 Å². The van der Waals surface area contributed by atoms with Crippen molar-refractivity contribution in [2.75, 3.05) is 0 Å². The number of allylic oxidation sites excluding steroid dienone is 4. The Morgan fingerprint density at radius 2 is 2.40 bits per heavy atom. The first-order valence-corrected chi connectivity index (χ1v) is 2.94. The lowest BCUT2D eigenvalue weighted by Gasteiger charge is -2.08. The molecule has 0 saturated heterocycles. The summed E-state index contributed by atoms with van der Waals surface area (Å²) in [7, 11) is 0. The summed E-state index contributed by atoms with van der Waals surface area (Å²) in [6.45, 7) is 0. The molecule has 1 rings (SSSR count). The highest BCUT2D eigenvalue weighted by Crippen LogP contribution is 2.01. The summed E-state index contributed by atoms with van der Waals surface area (Å²) < 4.78 is 0. The molecule has 0 bridgehead atoms. The van der Waals surface area contributed by atoms with Gasteiger partial charge in [0.25, 0.3) is 0 Å². The fourth-order valence-corrected chi connectivity index (χ4v) is 0.687. The SMILES string of the molecule is N=CC1=CC=C/C(=C/N)N1. The summed E-state index contributed by atoms with van der Waals surface area (Å²) in [5, 5.41) is 9.82. The van der Waals surface area contributed by atoms with Crippen LogP contribution in [0.5, 0.6) is 0 Å². The third-order valence-corrected chi connectivity index (χ3v) is 1.18. The maximum atomic E-state index is 6.90. The first-order valence-electron chi connectivity index (χ1n) is 2.94. The minimum absolute atomic E-state index is 0.749. The van der Waals surface area contributed by atoms with Gasteiger partial charge in [-0.05, 0) is 12.2 Å². The van der Waals surface area contributed by atoms with Gasteiger partial charge >= 0.3 is 0 Å².